The van der Waals surface area contributed by atoms with Crippen molar-refractivity contribution < 1.29 is 9.53 Å². The molecule has 0 bridgehead atoms. The van der Waals surface area contributed by atoms with Gasteiger partial charge in [-0.2, -0.15) is 0 Å². The van der Waals surface area contributed by atoms with Crippen molar-refractivity contribution in [2.45, 2.75) is 6.10 Å². The van der Waals surface area contributed by atoms with Gasteiger partial charge in [0, 0.05) is 13.1 Å². The summed E-state index contributed by atoms with van der Waals surface area (Å²) in [5, 5.41) is 4.14. The highest BCUT2D eigenvalue weighted by Crippen LogP contribution is 2.31. The predicted octanol–water partition coefficient (Wildman–Crippen LogP) is 2.47. The summed E-state index contributed by atoms with van der Waals surface area (Å²) in [6.45, 7) is 1.95. The molecule has 1 aliphatic heterocycles. The van der Waals surface area contributed by atoms with Crippen LogP contribution in [0.2, 0.25) is 10.0 Å². The number of halogens is 2. The molecule has 0 unspecified atom stereocenters. The number of rotatable bonds is 2. The lowest BCUT2D eigenvalue weighted by Crippen LogP contribution is -2.25. The molecule has 1 saturated heterocycles. The summed E-state index contributed by atoms with van der Waals surface area (Å²) in [7, 11) is 0. The molecular weight excluding hydrogens is 261 g/mol. The van der Waals surface area contributed by atoms with Crippen LogP contribution in [-0.4, -0.2) is 26.0 Å². The van der Waals surface area contributed by atoms with Crippen LogP contribution in [0.5, 0.6) is 0 Å². The number of aldehydes is 1. The molecule has 0 spiro atoms. The van der Waals surface area contributed by atoms with Crippen LogP contribution in [-0.2, 0) is 9.53 Å². The molecule has 0 aliphatic carbocycles. The molecule has 1 aliphatic rings. The number of hydrogen-bond donors (Lipinski definition) is 1. The zero-order chi connectivity index (χ0) is 12.3. The molecule has 1 aromatic carbocycles. The molecule has 1 fully saturated rings. The summed E-state index contributed by atoms with van der Waals surface area (Å²) >= 11 is 11.8. The van der Waals surface area contributed by atoms with Gasteiger partial charge in [0.15, 0.2) is 0 Å². The lowest BCUT2D eigenvalue weighted by Gasteiger charge is -2.20. The van der Waals surface area contributed by atoms with Crippen LogP contribution in [0.15, 0.2) is 18.2 Å². The van der Waals surface area contributed by atoms with E-state index in [1.54, 1.807) is 12.1 Å². The molecule has 2 atom stereocenters. The second kappa shape index (κ2) is 5.83. The van der Waals surface area contributed by atoms with E-state index in [0.717, 1.165) is 18.4 Å². The molecule has 0 radical (unpaired) electrons. The Morgan fingerprint density at radius 3 is 2.88 bits per heavy atom. The van der Waals surface area contributed by atoms with Gasteiger partial charge in [0.25, 0.3) is 0 Å². The van der Waals surface area contributed by atoms with E-state index in [-0.39, 0.29) is 12.0 Å². The minimum atomic E-state index is -0.253. The Bertz CT molecular complexity index is 411. The Labute approximate surface area is 110 Å². The van der Waals surface area contributed by atoms with Gasteiger partial charge in [-0.25, -0.2) is 0 Å². The summed E-state index contributed by atoms with van der Waals surface area (Å²) in [5.74, 6) is -0.199. The Hall–Kier alpha value is -0.610. The van der Waals surface area contributed by atoms with Gasteiger partial charge in [0.1, 0.15) is 6.29 Å². The average Bonchev–Trinajstić information content (AvgIpc) is 2.57. The lowest BCUT2D eigenvalue weighted by atomic mass is 9.97. The first-order chi connectivity index (χ1) is 8.22. The summed E-state index contributed by atoms with van der Waals surface area (Å²) < 4.78 is 5.69. The maximum Gasteiger partial charge on any atom is 0.127 e. The van der Waals surface area contributed by atoms with Crippen LogP contribution >= 0.6 is 23.2 Å². The average molecular weight is 274 g/mol. The molecule has 0 saturated carbocycles. The van der Waals surface area contributed by atoms with E-state index in [1.807, 2.05) is 6.07 Å². The van der Waals surface area contributed by atoms with E-state index in [4.69, 9.17) is 27.9 Å². The van der Waals surface area contributed by atoms with Gasteiger partial charge in [0.2, 0.25) is 0 Å². The van der Waals surface area contributed by atoms with Crippen LogP contribution in [0.3, 0.4) is 0 Å². The van der Waals surface area contributed by atoms with Crippen molar-refractivity contribution in [2.24, 2.45) is 5.92 Å². The minimum absolute atomic E-state index is 0.199. The molecule has 17 heavy (non-hydrogen) atoms. The maximum absolute atomic E-state index is 11.1. The number of hydrogen-bond acceptors (Lipinski definition) is 3. The molecular formula is C12H13Cl2NO2. The lowest BCUT2D eigenvalue weighted by molar-refractivity contribution is -0.115. The zero-order valence-electron chi connectivity index (χ0n) is 9.16. The number of ether oxygens (including phenoxy) is 1. The van der Waals surface area contributed by atoms with Crippen molar-refractivity contribution >= 4 is 29.5 Å². The van der Waals surface area contributed by atoms with Gasteiger partial charge >= 0.3 is 0 Å². The zero-order valence-corrected chi connectivity index (χ0v) is 10.7. The number of nitrogens with one attached hydrogen (secondary N) is 1. The van der Waals surface area contributed by atoms with E-state index >= 15 is 0 Å². The van der Waals surface area contributed by atoms with Crippen LogP contribution in [0, 0.1) is 5.92 Å². The van der Waals surface area contributed by atoms with Gasteiger partial charge in [-0.15, -0.1) is 0 Å². The molecule has 1 heterocycles. The van der Waals surface area contributed by atoms with Gasteiger partial charge in [-0.05, 0) is 17.7 Å². The molecule has 1 aromatic rings. The van der Waals surface area contributed by atoms with Crippen LogP contribution < -0.4 is 5.32 Å². The Kier molecular flexibility index (Phi) is 4.40. The third-order valence-corrected chi connectivity index (χ3v) is 3.53. The van der Waals surface area contributed by atoms with E-state index in [0.29, 0.717) is 23.2 Å². The van der Waals surface area contributed by atoms with Crippen molar-refractivity contribution in [3.8, 4) is 0 Å². The van der Waals surface area contributed by atoms with E-state index in [1.165, 1.54) is 0 Å². The summed E-state index contributed by atoms with van der Waals surface area (Å²) in [5.41, 5.74) is 0.889. The third-order valence-electron chi connectivity index (χ3n) is 2.79. The second-order valence-electron chi connectivity index (χ2n) is 3.97. The third kappa shape index (κ3) is 2.99. The summed E-state index contributed by atoms with van der Waals surface area (Å²) in [6.07, 6.45) is 0.670. The highest BCUT2D eigenvalue weighted by molar-refractivity contribution is 6.42. The SMILES string of the molecule is O=C[C@@H]1CNCCO[C@H]1c1ccc(Cl)c(Cl)c1. The van der Waals surface area contributed by atoms with Crippen molar-refractivity contribution in [3.05, 3.63) is 33.8 Å². The molecule has 3 nitrogen and oxygen atoms in total. The van der Waals surface area contributed by atoms with E-state index in [9.17, 15) is 4.79 Å². The Morgan fingerprint density at radius 2 is 2.18 bits per heavy atom. The van der Waals surface area contributed by atoms with E-state index in [2.05, 4.69) is 5.32 Å². The second-order valence-corrected chi connectivity index (χ2v) is 4.78. The molecule has 5 heteroatoms. The van der Waals surface area contributed by atoms with E-state index < -0.39 is 0 Å². The van der Waals surface area contributed by atoms with Crippen molar-refractivity contribution in [1.29, 1.82) is 0 Å². The monoisotopic (exact) mass is 273 g/mol. The van der Waals surface area contributed by atoms with Gasteiger partial charge < -0.3 is 14.8 Å². The summed E-state index contributed by atoms with van der Waals surface area (Å²) in [4.78, 5) is 11.1. The number of carbonyl (C=O) groups is 1. The Balaban J connectivity index is 2.28. The molecule has 0 aromatic heterocycles. The largest absolute Gasteiger partial charge is 0.371 e. The first kappa shape index (κ1) is 12.8. The molecule has 0 amide bonds. The minimum Gasteiger partial charge on any atom is -0.371 e. The standard InChI is InChI=1S/C12H13Cl2NO2/c13-10-2-1-8(5-11(10)14)12-9(7-16)6-15-3-4-17-12/h1-2,5,7,9,12,15H,3-4,6H2/t9-,12-/m0/s1. The fourth-order valence-corrected chi connectivity index (χ4v) is 2.22. The number of benzene rings is 1. The topological polar surface area (TPSA) is 38.3 Å². The van der Waals surface area contributed by atoms with Crippen molar-refractivity contribution in [3.63, 3.8) is 0 Å². The normalized spacial score (nSPS) is 25.3. The van der Waals surface area contributed by atoms with Crippen LogP contribution in [0.1, 0.15) is 11.7 Å². The molecule has 92 valence electrons. The van der Waals surface area contributed by atoms with Crippen molar-refractivity contribution in [1.82, 2.24) is 5.32 Å². The van der Waals surface area contributed by atoms with Crippen LogP contribution in [0.25, 0.3) is 0 Å². The molecule has 2 rings (SSSR count). The highest BCUT2D eigenvalue weighted by Gasteiger charge is 2.26. The fraction of sp³-hybridized carbons (Fsp3) is 0.417. The first-order valence-corrected chi connectivity index (χ1v) is 6.20. The van der Waals surface area contributed by atoms with Crippen molar-refractivity contribution in [2.75, 3.05) is 19.7 Å². The fourth-order valence-electron chi connectivity index (χ4n) is 1.91. The highest BCUT2D eigenvalue weighted by atomic mass is 35.5. The van der Waals surface area contributed by atoms with Crippen LogP contribution in [0.4, 0.5) is 0 Å². The summed E-state index contributed by atoms with van der Waals surface area (Å²) in [6, 6.07) is 5.33. The van der Waals surface area contributed by atoms with Gasteiger partial charge in [-0.3, -0.25) is 0 Å². The maximum atomic E-state index is 11.1. The van der Waals surface area contributed by atoms with Gasteiger partial charge in [-0.1, -0.05) is 29.3 Å². The quantitative estimate of drug-likeness (QED) is 0.842. The number of carbonyl (C=O) groups excluding carboxylic acids is 1. The molecule has 1 N–H and O–H groups in total. The predicted molar refractivity (Wildman–Crippen MR) is 67.6 cm³/mol. The first-order valence-electron chi connectivity index (χ1n) is 5.45. The smallest absolute Gasteiger partial charge is 0.127 e. The van der Waals surface area contributed by atoms with Gasteiger partial charge in [0.05, 0.1) is 28.7 Å². The Morgan fingerprint density at radius 1 is 1.35 bits per heavy atom.